The van der Waals surface area contributed by atoms with Gasteiger partial charge in [0, 0.05) is 36.2 Å². The molecule has 9 heteroatoms. The molecule has 1 heterocycles. The van der Waals surface area contributed by atoms with Crippen molar-refractivity contribution in [2.45, 2.75) is 32.2 Å². The van der Waals surface area contributed by atoms with Crippen LogP contribution in [0.2, 0.25) is 10.0 Å². The minimum absolute atomic E-state index is 0.239. The van der Waals surface area contributed by atoms with Crippen molar-refractivity contribution in [1.29, 1.82) is 0 Å². The van der Waals surface area contributed by atoms with Crippen molar-refractivity contribution >= 4 is 47.3 Å². The Labute approximate surface area is 255 Å². The van der Waals surface area contributed by atoms with Gasteiger partial charge in [-0.05, 0) is 72.0 Å². The summed E-state index contributed by atoms with van der Waals surface area (Å²) in [5, 5.41) is 1.07. The van der Waals surface area contributed by atoms with E-state index in [1.807, 2.05) is 65.4 Å². The van der Waals surface area contributed by atoms with Crippen LogP contribution in [-0.4, -0.2) is 42.3 Å². The molecule has 0 unspecified atom stereocenters. The van der Waals surface area contributed by atoms with Crippen LogP contribution in [0.25, 0.3) is 34.5 Å². The van der Waals surface area contributed by atoms with Crippen molar-refractivity contribution in [3.05, 3.63) is 94.4 Å². The van der Waals surface area contributed by atoms with Crippen LogP contribution < -0.4 is 4.74 Å². The van der Waals surface area contributed by atoms with E-state index in [9.17, 15) is 9.59 Å². The average Bonchev–Trinajstić information content (AvgIpc) is 3.40. The zero-order valence-corrected chi connectivity index (χ0v) is 25.0. The Kier molecular flexibility index (Phi) is 11.2. The maximum absolute atomic E-state index is 11.6. The van der Waals surface area contributed by atoms with Gasteiger partial charge in [0.1, 0.15) is 11.6 Å². The Hall–Kier alpha value is -4.07. The highest BCUT2D eigenvalue weighted by molar-refractivity contribution is 6.36. The molecule has 3 aromatic carbocycles. The van der Waals surface area contributed by atoms with Gasteiger partial charge < -0.3 is 18.8 Å². The molecule has 0 saturated carbocycles. The molecule has 0 fully saturated rings. The zero-order chi connectivity index (χ0) is 29.9. The third-order valence-electron chi connectivity index (χ3n) is 6.54. The van der Waals surface area contributed by atoms with Crippen molar-refractivity contribution in [3.63, 3.8) is 0 Å². The molecule has 0 N–H and O–H groups in total. The number of nitrogens with zero attached hydrogens (tertiary/aromatic N) is 2. The van der Waals surface area contributed by atoms with Crippen molar-refractivity contribution in [3.8, 4) is 28.1 Å². The van der Waals surface area contributed by atoms with Crippen molar-refractivity contribution < 1.29 is 23.8 Å². The van der Waals surface area contributed by atoms with Gasteiger partial charge in [0.15, 0.2) is 0 Å². The van der Waals surface area contributed by atoms with Gasteiger partial charge in [0.2, 0.25) is 0 Å². The fraction of sp³-hybridized carbons (Fsp3) is 0.242. The van der Waals surface area contributed by atoms with E-state index < -0.39 is 0 Å². The molecule has 7 nitrogen and oxygen atoms in total. The topological polar surface area (TPSA) is 79.7 Å². The van der Waals surface area contributed by atoms with E-state index in [0.29, 0.717) is 48.9 Å². The summed E-state index contributed by atoms with van der Waals surface area (Å²) in [4.78, 5) is 27.7. The number of hydrogen-bond acceptors (Lipinski definition) is 6. The summed E-state index contributed by atoms with van der Waals surface area (Å²) in [5.41, 5.74) is 4.61. The number of hydrogen-bond donors (Lipinski definition) is 0. The number of carbonyl (C=O) groups is 2. The third kappa shape index (κ3) is 8.71. The number of imidazole rings is 1. The molecule has 0 radical (unpaired) electrons. The Morgan fingerprint density at radius 3 is 2.31 bits per heavy atom. The molecule has 4 rings (SSSR count). The largest absolute Gasteiger partial charge is 0.494 e. The highest BCUT2D eigenvalue weighted by Crippen LogP contribution is 2.30. The maximum Gasteiger partial charge on any atom is 0.305 e. The molecule has 218 valence electrons. The van der Waals surface area contributed by atoms with Crippen LogP contribution in [0.3, 0.4) is 0 Å². The quantitative estimate of drug-likeness (QED) is 0.113. The fourth-order valence-electron chi connectivity index (χ4n) is 4.31. The number of carbonyl (C=O) groups excluding carboxylic acids is 2. The van der Waals surface area contributed by atoms with Gasteiger partial charge in [-0.25, -0.2) is 4.98 Å². The van der Waals surface area contributed by atoms with Crippen LogP contribution >= 0.6 is 23.2 Å². The van der Waals surface area contributed by atoms with Gasteiger partial charge in [-0.2, -0.15) is 0 Å². The van der Waals surface area contributed by atoms with Crippen LogP contribution in [0.15, 0.2) is 72.9 Å². The average molecular weight is 608 g/mol. The summed E-state index contributed by atoms with van der Waals surface area (Å²) in [6.45, 7) is 1.03. The summed E-state index contributed by atoms with van der Waals surface area (Å²) < 4.78 is 17.2. The first-order valence-electron chi connectivity index (χ1n) is 13.5. The standard InChI is InChI=1S/C33H32Cl2N2O5/c1-40-32(38)8-4-18-37-22-30(28-16-13-26(34)21-29(28)35)36-31(37)17-10-23-6-3-7-25(20-23)24-11-14-27(15-12-24)42-19-5-9-33(39)41-2/h3,6-7,10-17,20-22H,4-5,8-9,18-19H2,1-2H3. The van der Waals surface area contributed by atoms with E-state index in [1.165, 1.54) is 14.2 Å². The molecular formula is C33H32Cl2N2O5. The molecular weight excluding hydrogens is 575 g/mol. The van der Waals surface area contributed by atoms with Crippen molar-refractivity contribution in [2.75, 3.05) is 20.8 Å². The predicted molar refractivity (Wildman–Crippen MR) is 166 cm³/mol. The monoisotopic (exact) mass is 606 g/mol. The second-order valence-electron chi connectivity index (χ2n) is 9.49. The molecule has 1 aromatic heterocycles. The molecule has 0 aliphatic heterocycles. The summed E-state index contributed by atoms with van der Waals surface area (Å²) in [6, 6.07) is 21.4. The lowest BCUT2D eigenvalue weighted by molar-refractivity contribution is -0.141. The minimum atomic E-state index is -0.247. The minimum Gasteiger partial charge on any atom is -0.494 e. The van der Waals surface area contributed by atoms with Crippen LogP contribution in [0.1, 0.15) is 37.1 Å². The Morgan fingerprint density at radius 2 is 1.60 bits per heavy atom. The number of aryl methyl sites for hydroxylation is 1. The van der Waals surface area contributed by atoms with E-state index in [4.69, 9.17) is 37.7 Å². The van der Waals surface area contributed by atoms with Crippen molar-refractivity contribution in [1.82, 2.24) is 9.55 Å². The van der Waals surface area contributed by atoms with Gasteiger partial charge in [0.05, 0.1) is 31.5 Å². The van der Waals surface area contributed by atoms with Crippen molar-refractivity contribution in [2.24, 2.45) is 0 Å². The summed E-state index contributed by atoms with van der Waals surface area (Å²) in [5.74, 6) is 0.996. The SMILES string of the molecule is COC(=O)CCCOc1ccc(-c2cccc(C=Cc3nc(-c4ccc(Cl)cc4Cl)cn3CCCC(=O)OC)c2)cc1. The number of halogens is 2. The van der Waals surface area contributed by atoms with Crippen LogP contribution in [0, 0.1) is 0 Å². The summed E-state index contributed by atoms with van der Waals surface area (Å²) in [6.07, 6.45) is 7.75. The number of aromatic nitrogens is 2. The highest BCUT2D eigenvalue weighted by Gasteiger charge is 2.12. The number of methoxy groups -OCH3 is 2. The molecule has 42 heavy (non-hydrogen) atoms. The first kappa shape index (κ1) is 30.9. The van der Waals surface area contributed by atoms with E-state index >= 15 is 0 Å². The zero-order valence-electron chi connectivity index (χ0n) is 23.5. The summed E-state index contributed by atoms with van der Waals surface area (Å²) >= 11 is 12.5. The normalized spacial score (nSPS) is 11.0. The summed E-state index contributed by atoms with van der Waals surface area (Å²) in [7, 11) is 2.77. The Morgan fingerprint density at radius 1 is 0.857 bits per heavy atom. The molecule has 0 amide bonds. The van der Waals surface area contributed by atoms with E-state index in [0.717, 1.165) is 39.5 Å². The smallest absolute Gasteiger partial charge is 0.305 e. The number of rotatable bonds is 13. The number of benzene rings is 3. The van der Waals surface area contributed by atoms with Gasteiger partial charge in [-0.15, -0.1) is 0 Å². The number of ether oxygens (including phenoxy) is 3. The highest BCUT2D eigenvalue weighted by atomic mass is 35.5. The first-order chi connectivity index (χ1) is 20.4. The van der Waals surface area contributed by atoms with Gasteiger partial charge >= 0.3 is 11.9 Å². The maximum atomic E-state index is 11.6. The lowest BCUT2D eigenvalue weighted by atomic mass is 10.0. The molecule has 0 aliphatic carbocycles. The van der Waals surface area contributed by atoms with Gasteiger partial charge in [-0.3, -0.25) is 9.59 Å². The molecule has 0 aliphatic rings. The fourth-order valence-corrected chi connectivity index (χ4v) is 4.82. The van der Waals surface area contributed by atoms with E-state index in [2.05, 4.69) is 16.9 Å². The van der Waals surface area contributed by atoms with E-state index in [-0.39, 0.29) is 11.9 Å². The second-order valence-corrected chi connectivity index (χ2v) is 10.3. The third-order valence-corrected chi connectivity index (χ3v) is 7.09. The Bertz CT molecular complexity index is 1550. The Balaban J connectivity index is 1.49. The molecule has 0 spiro atoms. The lowest BCUT2D eigenvalue weighted by Crippen LogP contribution is -2.04. The predicted octanol–water partition coefficient (Wildman–Crippen LogP) is 7.98. The van der Waals surface area contributed by atoms with Crippen LogP contribution in [0.5, 0.6) is 5.75 Å². The first-order valence-corrected chi connectivity index (χ1v) is 14.3. The molecule has 0 saturated heterocycles. The van der Waals surface area contributed by atoms with Gasteiger partial charge in [-0.1, -0.05) is 59.6 Å². The van der Waals surface area contributed by atoms with Crippen LogP contribution in [-0.2, 0) is 25.6 Å². The molecule has 0 bridgehead atoms. The van der Waals surface area contributed by atoms with Gasteiger partial charge in [0.25, 0.3) is 0 Å². The molecule has 0 atom stereocenters. The second kappa shape index (κ2) is 15.2. The lowest BCUT2D eigenvalue weighted by Gasteiger charge is -2.08. The number of esters is 2. The van der Waals surface area contributed by atoms with Crippen LogP contribution in [0.4, 0.5) is 0 Å². The molecule has 4 aromatic rings. The van der Waals surface area contributed by atoms with E-state index in [1.54, 1.807) is 12.1 Å².